The van der Waals surface area contributed by atoms with Crippen LogP contribution in [0.4, 0.5) is 0 Å². The van der Waals surface area contributed by atoms with Gasteiger partial charge in [0.2, 0.25) is 0 Å². The second kappa shape index (κ2) is 9.05. The van der Waals surface area contributed by atoms with Gasteiger partial charge in [-0.1, -0.05) is 48.4 Å². The number of benzene rings is 1. The molecule has 0 bridgehead atoms. The Labute approximate surface area is 172 Å². The summed E-state index contributed by atoms with van der Waals surface area (Å²) in [7, 11) is 0. The Hall–Kier alpha value is -1.92. The molecule has 1 saturated heterocycles. The molecule has 7 heteroatoms. The molecule has 1 aliphatic carbocycles. The third kappa shape index (κ3) is 4.08. The van der Waals surface area contributed by atoms with Gasteiger partial charge in [0.15, 0.2) is 5.69 Å². The number of nitrogens with one attached hydrogen (secondary N) is 2. The quantitative estimate of drug-likeness (QED) is 0.804. The zero-order valence-corrected chi connectivity index (χ0v) is 17.3. The molecule has 28 heavy (non-hydrogen) atoms. The summed E-state index contributed by atoms with van der Waals surface area (Å²) >= 11 is 0. The molecule has 0 spiro atoms. The van der Waals surface area contributed by atoms with Gasteiger partial charge in [-0.2, -0.15) is 0 Å². The van der Waals surface area contributed by atoms with Crippen molar-refractivity contribution in [1.82, 2.24) is 25.6 Å². The number of halogens is 1. The third-order valence-electron chi connectivity index (χ3n) is 6.33. The molecule has 0 unspecified atom stereocenters. The molecule has 1 saturated carbocycles. The van der Waals surface area contributed by atoms with Gasteiger partial charge < -0.3 is 10.6 Å². The highest BCUT2D eigenvalue weighted by Gasteiger charge is 2.36. The fourth-order valence-corrected chi connectivity index (χ4v) is 4.69. The maximum Gasteiger partial charge on any atom is 0.273 e. The Morgan fingerprint density at radius 1 is 1.21 bits per heavy atom. The highest BCUT2D eigenvalue weighted by atomic mass is 35.5. The van der Waals surface area contributed by atoms with E-state index < -0.39 is 0 Å². The number of rotatable bonds is 5. The van der Waals surface area contributed by atoms with E-state index in [1.165, 1.54) is 18.4 Å². The number of carbonyl (C=O) groups excluding carboxylic acids is 1. The van der Waals surface area contributed by atoms with Crippen LogP contribution in [-0.2, 0) is 5.41 Å². The minimum atomic E-state index is -0.102. The molecule has 0 atom stereocenters. The number of amides is 1. The van der Waals surface area contributed by atoms with Crippen LogP contribution >= 0.6 is 12.4 Å². The molecule has 6 nitrogen and oxygen atoms in total. The van der Waals surface area contributed by atoms with Crippen LogP contribution in [0.25, 0.3) is 0 Å². The highest BCUT2D eigenvalue weighted by Crippen LogP contribution is 2.40. The number of hydrogen-bond donors (Lipinski definition) is 2. The fourth-order valence-electron chi connectivity index (χ4n) is 4.69. The topological polar surface area (TPSA) is 71.8 Å². The predicted molar refractivity (Wildman–Crippen MR) is 112 cm³/mol. The fraction of sp³-hybridized carbons (Fsp3) is 0.571. The summed E-state index contributed by atoms with van der Waals surface area (Å²) in [6.45, 7) is 4.60. The van der Waals surface area contributed by atoms with Gasteiger partial charge in [0, 0.05) is 12.0 Å². The van der Waals surface area contributed by atoms with Crippen LogP contribution in [0.3, 0.4) is 0 Å². The lowest BCUT2D eigenvalue weighted by Crippen LogP contribution is -2.39. The molecule has 2 aromatic rings. The Kier molecular flexibility index (Phi) is 6.73. The minimum Gasteiger partial charge on any atom is -0.350 e. The molecule has 4 rings (SSSR count). The Bertz CT molecular complexity index is 779. The zero-order valence-electron chi connectivity index (χ0n) is 16.5. The van der Waals surface area contributed by atoms with Crippen molar-refractivity contribution in [2.24, 2.45) is 0 Å². The van der Waals surface area contributed by atoms with E-state index in [1.54, 1.807) is 0 Å². The zero-order chi connectivity index (χ0) is 18.7. The lowest BCUT2D eigenvalue weighted by atomic mass is 9.79. The summed E-state index contributed by atoms with van der Waals surface area (Å²) < 4.78 is 1.94. The summed E-state index contributed by atoms with van der Waals surface area (Å²) in [5, 5.41) is 15.0. The summed E-state index contributed by atoms with van der Waals surface area (Å²) in [6.07, 6.45) is 6.74. The van der Waals surface area contributed by atoms with Crippen molar-refractivity contribution >= 4 is 18.3 Å². The van der Waals surface area contributed by atoms with Crippen LogP contribution in [0.2, 0.25) is 0 Å². The average molecular weight is 404 g/mol. The van der Waals surface area contributed by atoms with Crippen molar-refractivity contribution in [3.05, 3.63) is 47.3 Å². The molecular weight excluding hydrogens is 374 g/mol. The van der Waals surface area contributed by atoms with E-state index in [1.807, 2.05) is 17.7 Å². The average Bonchev–Trinajstić information content (AvgIpc) is 3.35. The summed E-state index contributed by atoms with van der Waals surface area (Å²) in [5.41, 5.74) is 2.72. The Morgan fingerprint density at radius 2 is 1.89 bits per heavy atom. The van der Waals surface area contributed by atoms with Gasteiger partial charge in [-0.3, -0.25) is 4.79 Å². The molecule has 2 heterocycles. The monoisotopic (exact) mass is 403 g/mol. The highest BCUT2D eigenvalue weighted by molar-refractivity contribution is 5.93. The smallest absolute Gasteiger partial charge is 0.273 e. The Balaban J connectivity index is 0.00000225. The van der Waals surface area contributed by atoms with Gasteiger partial charge >= 0.3 is 0 Å². The molecular formula is C21H30ClN5O. The van der Waals surface area contributed by atoms with Gasteiger partial charge in [-0.15, -0.1) is 17.5 Å². The SMILES string of the molecule is Cc1c(C(=O)NCC2(c3ccccc3)CCCC2)nnn1C1CCNCC1.Cl. The van der Waals surface area contributed by atoms with E-state index in [-0.39, 0.29) is 23.7 Å². The standard InChI is InChI=1S/C21H29N5O.ClH/c1-16-19(24-25-26(16)18-9-13-22-14-10-18)20(27)23-15-21(11-5-6-12-21)17-7-3-2-4-8-17;/h2-4,7-8,18,22H,5-6,9-15H2,1H3,(H,23,27);1H. The first kappa shape index (κ1) is 20.8. The van der Waals surface area contributed by atoms with Crippen LogP contribution in [0.5, 0.6) is 0 Å². The van der Waals surface area contributed by atoms with Crippen molar-refractivity contribution in [2.45, 2.75) is 56.9 Å². The van der Waals surface area contributed by atoms with Crippen molar-refractivity contribution < 1.29 is 4.79 Å². The van der Waals surface area contributed by atoms with Crippen molar-refractivity contribution in [3.63, 3.8) is 0 Å². The van der Waals surface area contributed by atoms with Crippen LogP contribution in [-0.4, -0.2) is 40.5 Å². The van der Waals surface area contributed by atoms with E-state index >= 15 is 0 Å². The first-order valence-corrected chi connectivity index (χ1v) is 10.2. The first-order valence-electron chi connectivity index (χ1n) is 10.2. The first-order chi connectivity index (χ1) is 13.2. The molecule has 2 fully saturated rings. The lowest BCUT2D eigenvalue weighted by Gasteiger charge is -2.30. The summed E-state index contributed by atoms with van der Waals surface area (Å²) in [5.74, 6) is -0.102. The van der Waals surface area contributed by atoms with Crippen LogP contribution in [0.15, 0.2) is 30.3 Å². The van der Waals surface area contributed by atoms with Gasteiger partial charge in [0.05, 0.1) is 11.7 Å². The lowest BCUT2D eigenvalue weighted by molar-refractivity contribution is 0.0937. The van der Waals surface area contributed by atoms with E-state index in [0.29, 0.717) is 18.3 Å². The van der Waals surface area contributed by atoms with Crippen LogP contribution in [0.1, 0.15) is 66.3 Å². The minimum absolute atomic E-state index is 0. The molecule has 0 radical (unpaired) electrons. The number of carbonyl (C=O) groups is 1. The van der Waals surface area contributed by atoms with E-state index in [2.05, 4.69) is 45.2 Å². The largest absolute Gasteiger partial charge is 0.350 e. The molecule has 1 aromatic heterocycles. The van der Waals surface area contributed by atoms with Crippen molar-refractivity contribution in [2.75, 3.05) is 19.6 Å². The third-order valence-corrected chi connectivity index (χ3v) is 6.33. The second-order valence-electron chi connectivity index (χ2n) is 7.99. The number of hydrogen-bond acceptors (Lipinski definition) is 4. The van der Waals surface area contributed by atoms with Crippen molar-refractivity contribution in [3.8, 4) is 0 Å². The number of piperidine rings is 1. The predicted octanol–water partition coefficient (Wildman–Crippen LogP) is 3.17. The van der Waals surface area contributed by atoms with Gasteiger partial charge in [-0.05, 0) is 51.3 Å². The van der Waals surface area contributed by atoms with E-state index in [4.69, 9.17) is 0 Å². The number of nitrogens with zero attached hydrogens (tertiary/aromatic N) is 3. The summed E-state index contributed by atoms with van der Waals surface area (Å²) in [6, 6.07) is 10.9. The second-order valence-corrected chi connectivity index (χ2v) is 7.99. The van der Waals surface area contributed by atoms with E-state index in [9.17, 15) is 4.79 Å². The molecule has 1 amide bonds. The molecule has 2 aliphatic rings. The van der Waals surface area contributed by atoms with E-state index in [0.717, 1.165) is 44.5 Å². The normalized spacial score (nSPS) is 19.2. The van der Waals surface area contributed by atoms with Gasteiger partial charge in [0.25, 0.3) is 5.91 Å². The molecule has 1 aliphatic heterocycles. The maximum absolute atomic E-state index is 12.9. The summed E-state index contributed by atoms with van der Waals surface area (Å²) in [4.78, 5) is 12.9. The van der Waals surface area contributed by atoms with Crippen molar-refractivity contribution in [1.29, 1.82) is 0 Å². The maximum atomic E-state index is 12.9. The molecule has 1 aromatic carbocycles. The van der Waals surface area contributed by atoms with Gasteiger partial charge in [0.1, 0.15) is 0 Å². The van der Waals surface area contributed by atoms with Gasteiger partial charge in [-0.25, -0.2) is 4.68 Å². The van der Waals surface area contributed by atoms with Crippen LogP contribution in [0, 0.1) is 6.92 Å². The Morgan fingerprint density at radius 3 is 2.57 bits per heavy atom. The molecule has 2 N–H and O–H groups in total. The molecule has 152 valence electrons. The number of aromatic nitrogens is 3. The van der Waals surface area contributed by atoms with Crippen LogP contribution < -0.4 is 10.6 Å².